The molecule has 5 heteroatoms. The lowest BCUT2D eigenvalue weighted by Crippen LogP contribution is -2.38. The van der Waals surface area contributed by atoms with Gasteiger partial charge in [0.05, 0.1) is 6.10 Å². The maximum Gasteiger partial charge on any atom is 0.314 e. The van der Waals surface area contributed by atoms with Crippen molar-refractivity contribution in [3.05, 3.63) is 71.0 Å². The zero-order chi connectivity index (χ0) is 16.7. The molecule has 0 aliphatic heterocycles. The van der Waals surface area contributed by atoms with Gasteiger partial charge in [0.25, 0.3) is 0 Å². The first kappa shape index (κ1) is 17.0. The van der Waals surface area contributed by atoms with Gasteiger partial charge >= 0.3 is 6.03 Å². The van der Waals surface area contributed by atoms with Crippen molar-refractivity contribution < 1.29 is 14.3 Å². The lowest BCUT2D eigenvalue weighted by Gasteiger charge is -2.15. The van der Waals surface area contributed by atoms with Crippen molar-refractivity contribution in [1.29, 1.82) is 0 Å². The molecule has 23 heavy (non-hydrogen) atoms. The molecule has 0 aliphatic carbocycles. The highest BCUT2D eigenvalue weighted by Gasteiger charge is 2.11. The lowest BCUT2D eigenvalue weighted by molar-refractivity contribution is 0.172. The summed E-state index contributed by atoms with van der Waals surface area (Å²) in [6.07, 6.45) is -0.198. The number of rotatable bonds is 6. The smallest absolute Gasteiger partial charge is 0.314 e. The zero-order valence-electron chi connectivity index (χ0n) is 13.1. The Balaban J connectivity index is 1.72. The molecular weight excluding hydrogens is 295 g/mol. The maximum absolute atomic E-state index is 13.0. The molecule has 2 aromatic rings. The van der Waals surface area contributed by atoms with Crippen molar-refractivity contribution in [3.63, 3.8) is 0 Å². The summed E-state index contributed by atoms with van der Waals surface area (Å²) >= 11 is 0. The summed E-state index contributed by atoms with van der Waals surface area (Å²) in [5.41, 5.74) is 2.60. The average Bonchev–Trinajstić information content (AvgIpc) is 2.53. The quantitative estimate of drug-likeness (QED) is 0.767. The van der Waals surface area contributed by atoms with Gasteiger partial charge in [0.2, 0.25) is 0 Å². The van der Waals surface area contributed by atoms with Gasteiger partial charge in [0, 0.05) is 13.1 Å². The van der Waals surface area contributed by atoms with E-state index in [9.17, 15) is 14.3 Å². The number of aliphatic hydroxyl groups is 1. The number of hydrogen-bond donors (Lipinski definition) is 3. The summed E-state index contributed by atoms with van der Waals surface area (Å²) < 4.78 is 13.0. The van der Waals surface area contributed by atoms with Gasteiger partial charge in [-0.15, -0.1) is 0 Å². The molecule has 1 unspecified atom stereocenters. The number of amides is 2. The van der Waals surface area contributed by atoms with Crippen LogP contribution >= 0.6 is 0 Å². The first-order valence-corrected chi connectivity index (χ1v) is 7.56. The van der Waals surface area contributed by atoms with E-state index in [2.05, 4.69) is 10.6 Å². The van der Waals surface area contributed by atoms with Crippen molar-refractivity contribution in [1.82, 2.24) is 10.6 Å². The largest absolute Gasteiger partial charge is 0.387 e. The molecule has 122 valence electrons. The van der Waals surface area contributed by atoms with Crippen LogP contribution in [0.1, 0.15) is 22.8 Å². The summed E-state index contributed by atoms with van der Waals surface area (Å²) in [5.74, 6) is -0.284. The van der Waals surface area contributed by atoms with Crippen LogP contribution in [0.25, 0.3) is 0 Å². The fraction of sp³-hybridized carbons (Fsp3) is 0.278. The van der Waals surface area contributed by atoms with E-state index in [1.54, 1.807) is 6.07 Å². The van der Waals surface area contributed by atoms with Gasteiger partial charge in [-0.25, -0.2) is 9.18 Å². The summed E-state index contributed by atoms with van der Waals surface area (Å²) in [4.78, 5) is 11.7. The van der Waals surface area contributed by atoms with Crippen molar-refractivity contribution >= 4 is 6.03 Å². The van der Waals surface area contributed by atoms with E-state index in [0.717, 1.165) is 16.7 Å². The molecule has 2 rings (SSSR count). The summed E-state index contributed by atoms with van der Waals surface area (Å²) in [6, 6.07) is 13.4. The Bertz CT molecular complexity index is 661. The van der Waals surface area contributed by atoms with Crippen LogP contribution in [0.4, 0.5) is 9.18 Å². The van der Waals surface area contributed by atoms with E-state index >= 15 is 0 Å². The minimum absolute atomic E-state index is 0.136. The second-order valence-corrected chi connectivity index (χ2v) is 5.39. The molecule has 0 aromatic heterocycles. The molecule has 0 radical (unpaired) electrons. The van der Waals surface area contributed by atoms with E-state index in [4.69, 9.17) is 0 Å². The molecule has 0 aliphatic rings. The van der Waals surface area contributed by atoms with Gasteiger partial charge in [-0.1, -0.05) is 36.4 Å². The number of nitrogens with one attached hydrogen (secondary N) is 2. The van der Waals surface area contributed by atoms with Crippen LogP contribution in [-0.2, 0) is 6.42 Å². The Labute approximate surface area is 135 Å². The fourth-order valence-electron chi connectivity index (χ4n) is 2.34. The van der Waals surface area contributed by atoms with Gasteiger partial charge in [0.1, 0.15) is 5.82 Å². The van der Waals surface area contributed by atoms with Gasteiger partial charge in [-0.05, 0) is 42.2 Å². The molecule has 4 nitrogen and oxygen atoms in total. The third kappa shape index (κ3) is 5.38. The van der Waals surface area contributed by atoms with Crippen LogP contribution in [0.15, 0.2) is 48.5 Å². The second-order valence-electron chi connectivity index (χ2n) is 5.39. The van der Waals surface area contributed by atoms with Crippen LogP contribution in [-0.4, -0.2) is 24.2 Å². The highest BCUT2D eigenvalue weighted by atomic mass is 19.1. The van der Waals surface area contributed by atoms with Crippen LogP contribution in [0.5, 0.6) is 0 Å². The molecule has 0 bridgehead atoms. The molecule has 1 atom stereocenters. The third-order valence-electron chi connectivity index (χ3n) is 3.59. The van der Waals surface area contributed by atoms with Gasteiger partial charge in [-0.3, -0.25) is 0 Å². The standard InChI is InChI=1S/C18H21FN2O2/c1-13-5-2-3-8-16(13)17(22)12-21-18(23)20-10-9-14-6-4-7-15(19)11-14/h2-8,11,17,22H,9-10,12H2,1H3,(H2,20,21,23). The van der Waals surface area contributed by atoms with Gasteiger partial charge < -0.3 is 15.7 Å². The van der Waals surface area contributed by atoms with Crippen molar-refractivity contribution in [3.8, 4) is 0 Å². The Morgan fingerprint density at radius 1 is 1.17 bits per heavy atom. The van der Waals surface area contributed by atoms with Crippen LogP contribution in [0, 0.1) is 12.7 Å². The van der Waals surface area contributed by atoms with Crippen LogP contribution in [0.3, 0.4) is 0 Å². The predicted octanol–water partition coefficient (Wildman–Crippen LogP) is 2.71. The maximum atomic E-state index is 13.0. The number of aliphatic hydroxyl groups excluding tert-OH is 1. The molecule has 0 saturated heterocycles. The Morgan fingerprint density at radius 3 is 2.70 bits per heavy atom. The van der Waals surface area contributed by atoms with E-state index in [-0.39, 0.29) is 18.4 Å². The number of halogens is 1. The van der Waals surface area contributed by atoms with Crippen molar-refractivity contribution in [2.45, 2.75) is 19.4 Å². The minimum atomic E-state index is -0.745. The number of benzene rings is 2. The van der Waals surface area contributed by atoms with Crippen molar-refractivity contribution in [2.24, 2.45) is 0 Å². The number of hydrogen-bond acceptors (Lipinski definition) is 2. The highest BCUT2D eigenvalue weighted by molar-refractivity contribution is 5.73. The first-order chi connectivity index (χ1) is 11.1. The number of carbonyl (C=O) groups excluding carboxylic acids is 1. The summed E-state index contributed by atoms with van der Waals surface area (Å²) in [7, 11) is 0. The molecule has 0 spiro atoms. The fourth-order valence-corrected chi connectivity index (χ4v) is 2.34. The molecule has 2 amide bonds. The van der Waals surface area contributed by atoms with Gasteiger partial charge in [0.15, 0.2) is 0 Å². The van der Waals surface area contributed by atoms with E-state index < -0.39 is 6.10 Å². The molecule has 0 fully saturated rings. The third-order valence-corrected chi connectivity index (χ3v) is 3.59. The van der Waals surface area contributed by atoms with Gasteiger partial charge in [-0.2, -0.15) is 0 Å². The zero-order valence-corrected chi connectivity index (χ0v) is 13.1. The number of urea groups is 1. The Hall–Kier alpha value is -2.40. The molecule has 0 saturated carbocycles. The number of carbonyl (C=O) groups is 1. The molecule has 2 aromatic carbocycles. The highest BCUT2D eigenvalue weighted by Crippen LogP contribution is 2.16. The predicted molar refractivity (Wildman–Crippen MR) is 87.6 cm³/mol. The first-order valence-electron chi connectivity index (χ1n) is 7.56. The van der Waals surface area contributed by atoms with E-state index in [1.165, 1.54) is 12.1 Å². The lowest BCUT2D eigenvalue weighted by atomic mass is 10.0. The van der Waals surface area contributed by atoms with E-state index in [0.29, 0.717) is 13.0 Å². The van der Waals surface area contributed by atoms with Crippen LogP contribution in [0.2, 0.25) is 0 Å². The van der Waals surface area contributed by atoms with Crippen LogP contribution < -0.4 is 10.6 Å². The molecular formula is C18H21FN2O2. The SMILES string of the molecule is Cc1ccccc1C(O)CNC(=O)NCCc1cccc(F)c1. The summed E-state index contributed by atoms with van der Waals surface area (Å²) in [5, 5.41) is 15.4. The summed E-state index contributed by atoms with van der Waals surface area (Å²) in [6.45, 7) is 2.45. The Kier molecular flexibility index (Phi) is 6.11. The number of aryl methyl sites for hydroxylation is 1. The molecule has 3 N–H and O–H groups in total. The normalized spacial score (nSPS) is 11.8. The topological polar surface area (TPSA) is 61.4 Å². The second kappa shape index (κ2) is 8.29. The average molecular weight is 316 g/mol. The Morgan fingerprint density at radius 2 is 1.96 bits per heavy atom. The van der Waals surface area contributed by atoms with E-state index in [1.807, 2.05) is 37.3 Å². The van der Waals surface area contributed by atoms with Crippen molar-refractivity contribution in [2.75, 3.05) is 13.1 Å². The minimum Gasteiger partial charge on any atom is -0.387 e. The monoisotopic (exact) mass is 316 g/mol. The molecule has 0 heterocycles.